The fourth-order valence-electron chi connectivity index (χ4n) is 3.23. The van der Waals surface area contributed by atoms with E-state index in [1.807, 2.05) is 24.1 Å². The molecule has 0 aliphatic carbocycles. The van der Waals surface area contributed by atoms with Crippen molar-refractivity contribution < 1.29 is 0 Å². The minimum atomic E-state index is 0.911. The molecule has 0 saturated heterocycles. The van der Waals surface area contributed by atoms with Crippen molar-refractivity contribution in [3.05, 3.63) is 46.1 Å². The highest BCUT2D eigenvalue weighted by atomic mass is 32.1. The first-order valence-electron chi connectivity index (χ1n) is 8.14. The topological polar surface area (TPSA) is 59.7 Å². The standard InChI is InChI=1S/C17H20N6S/c1-12-21-14(10-24-12)9-23-5-3-15-16(4-6-23)18-11-19-17(15)13-7-20-22(2)8-13/h7-8,10-11H,3-6,9H2,1-2H3. The van der Waals surface area contributed by atoms with Crippen LogP contribution >= 0.6 is 11.3 Å². The zero-order valence-corrected chi connectivity index (χ0v) is 14.8. The summed E-state index contributed by atoms with van der Waals surface area (Å²) in [6.45, 7) is 4.98. The lowest BCUT2D eigenvalue weighted by Crippen LogP contribution is -2.26. The van der Waals surface area contributed by atoms with E-state index in [0.29, 0.717) is 0 Å². The smallest absolute Gasteiger partial charge is 0.116 e. The van der Waals surface area contributed by atoms with Gasteiger partial charge in [-0.1, -0.05) is 0 Å². The van der Waals surface area contributed by atoms with E-state index in [2.05, 4.69) is 37.3 Å². The normalized spacial score (nSPS) is 15.2. The molecule has 0 spiro atoms. The number of hydrogen-bond acceptors (Lipinski definition) is 6. The molecule has 6 nitrogen and oxygen atoms in total. The maximum Gasteiger partial charge on any atom is 0.116 e. The Morgan fingerprint density at radius 3 is 2.83 bits per heavy atom. The fourth-order valence-corrected chi connectivity index (χ4v) is 3.84. The summed E-state index contributed by atoms with van der Waals surface area (Å²) in [6, 6.07) is 0. The molecule has 0 radical (unpaired) electrons. The Hall–Kier alpha value is -2.12. The van der Waals surface area contributed by atoms with E-state index < -0.39 is 0 Å². The lowest BCUT2D eigenvalue weighted by molar-refractivity contribution is 0.276. The first-order chi connectivity index (χ1) is 11.7. The van der Waals surface area contributed by atoms with E-state index in [-0.39, 0.29) is 0 Å². The van der Waals surface area contributed by atoms with Crippen molar-refractivity contribution in [1.82, 2.24) is 29.6 Å². The van der Waals surface area contributed by atoms with Crippen molar-refractivity contribution in [2.24, 2.45) is 7.05 Å². The molecule has 0 saturated carbocycles. The Kier molecular flexibility index (Phi) is 4.12. The first kappa shape index (κ1) is 15.4. The van der Waals surface area contributed by atoms with Crippen LogP contribution in [0.3, 0.4) is 0 Å². The van der Waals surface area contributed by atoms with Gasteiger partial charge in [-0.15, -0.1) is 11.3 Å². The highest BCUT2D eigenvalue weighted by Crippen LogP contribution is 2.25. The molecular weight excluding hydrogens is 320 g/mol. The van der Waals surface area contributed by atoms with Crippen molar-refractivity contribution >= 4 is 11.3 Å². The molecule has 1 aliphatic heterocycles. The van der Waals surface area contributed by atoms with E-state index in [1.54, 1.807) is 17.7 Å². The van der Waals surface area contributed by atoms with Gasteiger partial charge in [-0.25, -0.2) is 15.0 Å². The predicted molar refractivity (Wildman–Crippen MR) is 93.8 cm³/mol. The van der Waals surface area contributed by atoms with E-state index in [0.717, 1.165) is 48.7 Å². The van der Waals surface area contributed by atoms with Gasteiger partial charge in [0.2, 0.25) is 0 Å². The van der Waals surface area contributed by atoms with Gasteiger partial charge in [0.1, 0.15) is 6.33 Å². The highest BCUT2D eigenvalue weighted by Gasteiger charge is 2.20. The SMILES string of the molecule is Cc1nc(CN2CCc3ncnc(-c4cnn(C)c4)c3CC2)cs1. The van der Waals surface area contributed by atoms with Crippen LogP contribution in [0.1, 0.15) is 22.0 Å². The summed E-state index contributed by atoms with van der Waals surface area (Å²) in [6.07, 6.45) is 7.49. The van der Waals surface area contributed by atoms with Crippen LogP contribution in [0, 0.1) is 6.92 Å². The molecule has 4 rings (SSSR count). The molecule has 0 N–H and O–H groups in total. The van der Waals surface area contributed by atoms with Gasteiger partial charge < -0.3 is 0 Å². The van der Waals surface area contributed by atoms with E-state index in [1.165, 1.54) is 17.0 Å². The van der Waals surface area contributed by atoms with Crippen molar-refractivity contribution in [2.75, 3.05) is 13.1 Å². The van der Waals surface area contributed by atoms with E-state index in [9.17, 15) is 0 Å². The zero-order chi connectivity index (χ0) is 16.5. The third kappa shape index (κ3) is 3.09. The zero-order valence-electron chi connectivity index (χ0n) is 13.9. The highest BCUT2D eigenvalue weighted by molar-refractivity contribution is 7.09. The Balaban J connectivity index is 1.56. The van der Waals surface area contributed by atoms with Crippen molar-refractivity contribution in [3.8, 4) is 11.3 Å². The van der Waals surface area contributed by atoms with Gasteiger partial charge in [0.15, 0.2) is 0 Å². The van der Waals surface area contributed by atoms with Gasteiger partial charge in [0, 0.05) is 61.5 Å². The van der Waals surface area contributed by atoms with Crippen LogP contribution in [0.15, 0.2) is 24.1 Å². The summed E-state index contributed by atoms with van der Waals surface area (Å²) in [5.74, 6) is 0. The van der Waals surface area contributed by atoms with Crippen LogP contribution in [0.2, 0.25) is 0 Å². The summed E-state index contributed by atoms with van der Waals surface area (Å²) < 4.78 is 1.82. The molecule has 4 heterocycles. The summed E-state index contributed by atoms with van der Waals surface area (Å²) in [5.41, 5.74) is 5.70. The molecule has 124 valence electrons. The van der Waals surface area contributed by atoms with Crippen molar-refractivity contribution in [1.29, 1.82) is 0 Å². The number of aromatic nitrogens is 5. The Bertz CT molecular complexity index is 852. The van der Waals surface area contributed by atoms with Gasteiger partial charge in [-0.05, 0) is 13.3 Å². The molecule has 0 bridgehead atoms. The van der Waals surface area contributed by atoms with Crippen LogP contribution in [-0.2, 0) is 26.4 Å². The molecule has 3 aromatic rings. The van der Waals surface area contributed by atoms with E-state index >= 15 is 0 Å². The molecule has 0 aromatic carbocycles. The Morgan fingerprint density at radius 2 is 2.08 bits per heavy atom. The second-order valence-electron chi connectivity index (χ2n) is 6.18. The summed E-state index contributed by atoms with van der Waals surface area (Å²) in [4.78, 5) is 16.1. The molecule has 7 heteroatoms. The molecule has 1 aliphatic rings. The van der Waals surface area contributed by atoms with Gasteiger partial charge in [-0.2, -0.15) is 5.10 Å². The Labute approximate surface area is 145 Å². The molecular formula is C17H20N6S. The van der Waals surface area contributed by atoms with Crippen molar-refractivity contribution in [3.63, 3.8) is 0 Å². The second kappa shape index (κ2) is 6.41. The van der Waals surface area contributed by atoms with Gasteiger partial charge in [-0.3, -0.25) is 9.58 Å². The largest absolute Gasteiger partial charge is 0.297 e. The monoisotopic (exact) mass is 340 g/mol. The van der Waals surface area contributed by atoms with E-state index in [4.69, 9.17) is 0 Å². The molecule has 0 amide bonds. The number of fused-ring (bicyclic) bond motifs is 1. The van der Waals surface area contributed by atoms with Crippen molar-refractivity contribution in [2.45, 2.75) is 26.3 Å². The van der Waals surface area contributed by atoms with Crippen LogP contribution in [0.25, 0.3) is 11.3 Å². The number of hydrogen-bond donors (Lipinski definition) is 0. The second-order valence-corrected chi connectivity index (χ2v) is 7.25. The molecule has 0 fully saturated rings. The molecule has 0 unspecified atom stereocenters. The van der Waals surface area contributed by atoms with Gasteiger partial charge in [0.25, 0.3) is 0 Å². The average molecular weight is 340 g/mol. The summed E-state index contributed by atoms with van der Waals surface area (Å²) in [7, 11) is 1.93. The maximum absolute atomic E-state index is 4.59. The molecule has 24 heavy (non-hydrogen) atoms. The van der Waals surface area contributed by atoms with Crippen LogP contribution in [0.5, 0.6) is 0 Å². The van der Waals surface area contributed by atoms with Gasteiger partial charge >= 0.3 is 0 Å². The number of thiazole rings is 1. The average Bonchev–Trinajstić information content (AvgIpc) is 3.12. The summed E-state index contributed by atoms with van der Waals surface area (Å²) >= 11 is 1.72. The third-order valence-electron chi connectivity index (χ3n) is 4.41. The third-order valence-corrected chi connectivity index (χ3v) is 5.23. The molecule has 3 aromatic heterocycles. The van der Waals surface area contributed by atoms with Gasteiger partial charge in [0.05, 0.1) is 22.6 Å². The van der Waals surface area contributed by atoms with Crippen LogP contribution in [0.4, 0.5) is 0 Å². The number of aryl methyl sites for hydroxylation is 2. The maximum atomic E-state index is 4.59. The minimum absolute atomic E-state index is 0.911. The Morgan fingerprint density at radius 1 is 1.21 bits per heavy atom. The molecule has 0 atom stereocenters. The lowest BCUT2D eigenvalue weighted by atomic mass is 10.0. The van der Waals surface area contributed by atoms with Crippen LogP contribution < -0.4 is 0 Å². The quantitative estimate of drug-likeness (QED) is 0.732. The van der Waals surface area contributed by atoms with Crippen LogP contribution in [-0.4, -0.2) is 42.7 Å². The fraction of sp³-hybridized carbons (Fsp3) is 0.412. The predicted octanol–water partition coefficient (Wildman–Crippen LogP) is 2.24. The number of rotatable bonds is 3. The lowest BCUT2D eigenvalue weighted by Gasteiger charge is -2.18. The first-order valence-corrected chi connectivity index (χ1v) is 9.02. The minimum Gasteiger partial charge on any atom is -0.297 e. The number of nitrogens with zero attached hydrogens (tertiary/aromatic N) is 6. The summed E-state index contributed by atoms with van der Waals surface area (Å²) in [5, 5.41) is 7.57.